The van der Waals surface area contributed by atoms with Crippen molar-refractivity contribution in [1.82, 2.24) is 4.90 Å². The third-order valence-electron chi connectivity index (χ3n) is 5.31. The predicted octanol–water partition coefficient (Wildman–Crippen LogP) is 3.34. The number of amides is 2. The van der Waals surface area contributed by atoms with Crippen molar-refractivity contribution in [2.45, 2.75) is 18.9 Å². The minimum absolute atomic E-state index is 0.0340. The Kier molecular flexibility index (Phi) is 5.77. The average molecular weight is 407 g/mol. The molecule has 0 aliphatic carbocycles. The number of imide groups is 1. The summed E-state index contributed by atoms with van der Waals surface area (Å²) in [6.45, 7) is -0.143. The highest BCUT2D eigenvalue weighted by molar-refractivity contribution is 6.03. The zero-order valence-corrected chi connectivity index (χ0v) is 16.3. The van der Waals surface area contributed by atoms with Crippen LogP contribution in [0, 0.1) is 11.7 Å². The molecule has 1 aliphatic rings. The molecule has 5 nitrogen and oxygen atoms in total. The molecule has 1 heterocycles. The molecule has 6 heteroatoms. The van der Waals surface area contributed by atoms with Gasteiger partial charge in [0.2, 0.25) is 11.8 Å². The van der Waals surface area contributed by atoms with Crippen molar-refractivity contribution in [3.05, 3.63) is 78.1 Å². The summed E-state index contributed by atoms with van der Waals surface area (Å²) in [5, 5.41) is 12.3. The summed E-state index contributed by atoms with van der Waals surface area (Å²) in [6.07, 6.45) is -0.543. The average Bonchev–Trinajstić information content (AvgIpc) is 3.01. The van der Waals surface area contributed by atoms with Crippen LogP contribution in [0.3, 0.4) is 0 Å². The monoisotopic (exact) mass is 407 g/mol. The first-order valence-corrected chi connectivity index (χ1v) is 9.88. The molecule has 30 heavy (non-hydrogen) atoms. The van der Waals surface area contributed by atoms with Gasteiger partial charge in [0.15, 0.2) is 0 Å². The zero-order chi connectivity index (χ0) is 21.1. The lowest BCUT2D eigenvalue weighted by molar-refractivity contribution is -0.141. The summed E-state index contributed by atoms with van der Waals surface area (Å²) < 4.78 is 18.8. The van der Waals surface area contributed by atoms with Crippen LogP contribution in [0.15, 0.2) is 66.7 Å². The third kappa shape index (κ3) is 4.33. The second-order valence-electron chi connectivity index (χ2n) is 7.52. The van der Waals surface area contributed by atoms with E-state index in [4.69, 9.17) is 4.74 Å². The van der Waals surface area contributed by atoms with Crippen LogP contribution in [0.25, 0.3) is 10.8 Å². The lowest BCUT2D eigenvalue weighted by Gasteiger charge is -2.20. The molecular formula is C24H22FNO4. The number of likely N-dealkylation sites (tertiary alicyclic amines) is 1. The maximum atomic E-state index is 13.1. The van der Waals surface area contributed by atoms with E-state index in [1.165, 1.54) is 12.1 Å². The minimum Gasteiger partial charge on any atom is -0.490 e. The number of aliphatic hydroxyl groups is 1. The Balaban J connectivity index is 1.35. The Hall–Kier alpha value is -3.25. The number of carbonyl (C=O) groups excluding carboxylic acids is 2. The summed E-state index contributed by atoms with van der Waals surface area (Å²) in [6, 6.07) is 19.3. The number of fused-ring (bicyclic) bond motifs is 1. The molecule has 2 unspecified atom stereocenters. The van der Waals surface area contributed by atoms with Crippen LogP contribution >= 0.6 is 0 Å². The van der Waals surface area contributed by atoms with E-state index in [2.05, 4.69) is 0 Å². The first-order chi connectivity index (χ1) is 14.5. The fraction of sp³-hybridized carbons (Fsp3) is 0.250. The van der Waals surface area contributed by atoms with Crippen molar-refractivity contribution in [2.24, 2.45) is 5.92 Å². The maximum Gasteiger partial charge on any atom is 0.233 e. The van der Waals surface area contributed by atoms with Gasteiger partial charge in [-0.1, -0.05) is 48.5 Å². The molecule has 1 saturated heterocycles. The normalized spacial score (nSPS) is 17.5. The smallest absolute Gasteiger partial charge is 0.233 e. The molecule has 0 bridgehead atoms. The molecule has 1 N–H and O–H groups in total. The van der Waals surface area contributed by atoms with E-state index in [0.29, 0.717) is 12.2 Å². The fourth-order valence-electron chi connectivity index (χ4n) is 3.78. The van der Waals surface area contributed by atoms with Gasteiger partial charge in [-0.05, 0) is 35.6 Å². The number of hydrogen-bond acceptors (Lipinski definition) is 4. The highest BCUT2D eigenvalue weighted by atomic mass is 19.1. The molecule has 154 valence electrons. The molecule has 2 atom stereocenters. The molecule has 0 radical (unpaired) electrons. The Morgan fingerprint density at radius 3 is 2.57 bits per heavy atom. The number of carbonyl (C=O) groups is 2. The van der Waals surface area contributed by atoms with Crippen molar-refractivity contribution in [3.8, 4) is 5.75 Å². The van der Waals surface area contributed by atoms with E-state index in [0.717, 1.165) is 21.2 Å². The molecule has 4 rings (SSSR count). The largest absolute Gasteiger partial charge is 0.490 e. The second kappa shape index (κ2) is 8.63. The summed E-state index contributed by atoms with van der Waals surface area (Å²) in [5.41, 5.74) is 0.796. The minimum atomic E-state index is -0.999. The van der Waals surface area contributed by atoms with Gasteiger partial charge in [0.1, 0.15) is 24.3 Å². The molecule has 0 aromatic heterocycles. The van der Waals surface area contributed by atoms with Crippen molar-refractivity contribution < 1.29 is 23.8 Å². The van der Waals surface area contributed by atoms with Crippen LogP contribution in [0.4, 0.5) is 4.39 Å². The van der Waals surface area contributed by atoms with Crippen molar-refractivity contribution in [3.63, 3.8) is 0 Å². The van der Waals surface area contributed by atoms with Gasteiger partial charge in [-0.2, -0.15) is 0 Å². The van der Waals surface area contributed by atoms with Crippen molar-refractivity contribution in [1.29, 1.82) is 0 Å². The van der Waals surface area contributed by atoms with Crippen LogP contribution < -0.4 is 4.74 Å². The van der Waals surface area contributed by atoms with E-state index in [1.807, 2.05) is 42.5 Å². The Morgan fingerprint density at radius 2 is 1.77 bits per heavy atom. The van der Waals surface area contributed by atoms with Gasteiger partial charge in [0.05, 0.1) is 12.5 Å². The number of β-amino-alcohol motifs (C(OH)–C–C–N with tert-alkyl or cyclic N) is 1. The van der Waals surface area contributed by atoms with Crippen LogP contribution in [0.1, 0.15) is 12.0 Å². The highest BCUT2D eigenvalue weighted by Gasteiger charge is 2.39. The van der Waals surface area contributed by atoms with Gasteiger partial charge in [-0.15, -0.1) is 0 Å². The lowest BCUT2D eigenvalue weighted by atomic mass is 9.98. The topological polar surface area (TPSA) is 66.8 Å². The molecule has 3 aromatic carbocycles. The van der Waals surface area contributed by atoms with Gasteiger partial charge in [-0.25, -0.2) is 4.39 Å². The molecule has 1 aliphatic heterocycles. The number of halogens is 1. The number of benzene rings is 3. The Bertz CT molecular complexity index is 1060. The van der Waals surface area contributed by atoms with Crippen LogP contribution in [-0.2, 0) is 16.0 Å². The summed E-state index contributed by atoms with van der Waals surface area (Å²) in [7, 11) is 0. The summed E-state index contributed by atoms with van der Waals surface area (Å²) in [5.74, 6) is -0.817. The zero-order valence-electron chi connectivity index (χ0n) is 16.3. The van der Waals surface area contributed by atoms with E-state index in [9.17, 15) is 19.1 Å². The first-order valence-electron chi connectivity index (χ1n) is 9.88. The standard InChI is InChI=1S/C24H22FNO4/c25-19-10-8-16(9-11-19)12-18-13-23(28)26(24(18)29)14-20(27)15-30-22-7-3-5-17-4-1-2-6-21(17)22/h1-11,18,20,27H,12-15H2. The van der Waals surface area contributed by atoms with Gasteiger partial charge in [0.25, 0.3) is 0 Å². The summed E-state index contributed by atoms with van der Waals surface area (Å²) >= 11 is 0. The van der Waals surface area contributed by atoms with E-state index < -0.39 is 12.0 Å². The Labute approximate surface area is 173 Å². The van der Waals surface area contributed by atoms with Gasteiger partial charge in [0, 0.05) is 11.8 Å². The molecule has 3 aromatic rings. The van der Waals surface area contributed by atoms with Crippen LogP contribution in [0.2, 0.25) is 0 Å². The molecule has 0 spiro atoms. The molecule has 2 amide bonds. The number of ether oxygens (including phenoxy) is 1. The quantitative estimate of drug-likeness (QED) is 0.610. The lowest BCUT2D eigenvalue weighted by Crippen LogP contribution is -2.39. The first kappa shape index (κ1) is 20.0. The van der Waals surface area contributed by atoms with Crippen molar-refractivity contribution >= 4 is 22.6 Å². The predicted molar refractivity (Wildman–Crippen MR) is 110 cm³/mol. The van der Waals surface area contributed by atoms with Crippen LogP contribution in [-0.4, -0.2) is 41.1 Å². The summed E-state index contributed by atoms with van der Waals surface area (Å²) in [4.78, 5) is 26.1. The van der Waals surface area contributed by atoms with Gasteiger partial charge >= 0.3 is 0 Å². The molecular weight excluding hydrogens is 385 g/mol. The van der Waals surface area contributed by atoms with E-state index >= 15 is 0 Å². The maximum absolute atomic E-state index is 13.1. The fourth-order valence-corrected chi connectivity index (χ4v) is 3.78. The SMILES string of the molecule is O=C1CC(Cc2ccc(F)cc2)C(=O)N1CC(O)COc1cccc2ccccc12. The second-order valence-corrected chi connectivity index (χ2v) is 7.52. The Morgan fingerprint density at radius 1 is 1.03 bits per heavy atom. The van der Waals surface area contributed by atoms with Crippen LogP contribution in [0.5, 0.6) is 5.75 Å². The van der Waals surface area contributed by atoms with Gasteiger partial charge < -0.3 is 9.84 Å². The third-order valence-corrected chi connectivity index (χ3v) is 5.31. The number of rotatable bonds is 7. The van der Waals surface area contributed by atoms with E-state index in [1.54, 1.807) is 12.1 Å². The highest BCUT2D eigenvalue weighted by Crippen LogP contribution is 2.26. The van der Waals surface area contributed by atoms with Crippen molar-refractivity contribution in [2.75, 3.05) is 13.2 Å². The molecule has 0 saturated carbocycles. The number of hydrogen-bond donors (Lipinski definition) is 1. The number of nitrogens with zero attached hydrogens (tertiary/aromatic N) is 1. The van der Waals surface area contributed by atoms with E-state index in [-0.39, 0.29) is 37.2 Å². The number of aliphatic hydroxyl groups excluding tert-OH is 1. The molecule has 1 fully saturated rings. The van der Waals surface area contributed by atoms with Gasteiger partial charge in [-0.3, -0.25) is 14.5 Å².